The molecule has 0 aromatic carbocycles. The maximum atomic E-state index is 12.1. The molecule has 0 N–H and O–H groups in total. The van der Waals surface area contributed by atoms with Crippen LogP contribution < -0.4 is 0 Å². The summed E-state index contributed by atoms with van der Waals surface area (Å²) in [6, 6.07) is 0.757. The molecule has 1 aliphatic carbocycles. The van der Waals surface area contributed by atoms with Crippen LogP contribution in [0.3, 0.4) is 0 Å². The van der Waals surface area contributed by atoms with Gasteiger partial charge in [-0.3, -0.25) is 0 Å². The second-order valence-electron chi connectivity index (χ2n) is 6.79. The number of hydrogen-bond donors (Lipinski definition) is 0. The van der Waals surface area contributed by atoms with Gasteiger partial charge in [0.25, 0.3) is 0 Å². The molecule has 1 heterocycles. The molecular weight excluding hydrogens is 236 g/mol. The Morgan fingerprint density at radius 1 is 1.26 bits per heavy atom. The van der Waals surface area contributed by atoms with E-state index in [0.717, 1.165) is 30.8 Å². The van der Waals surface area contributed by atoms with Crippen LogP contribution in [0.15, 0.2) is 0 Å². The van der Waals surface area contributed by atoms with Gasteiger partial charge in [0.1, 0.15) is 0 Å². The average Bonchev–Trinajstić information content (AvgIpc) is 2.71. The van der Waals surface area contributed by atoms with Gasteiger partial charge in [-0.1, -0.05) is 40.0 Å². The lowest BCUT2D eigenvalue weighted by atomic mass is 9.72. The third-order valence-corrected chi connectivity index (χ3v) is 5.31. The van der Waals surface area contributed by atoms with Crippen molar-refractivity contribution in [3.05, 3.63) is 0 Å². The molecule has 2 rings (SSSR count). The predicted octanol–water partition coefficient (Wildman–Crippen LogP) is 3.59. The van der Waals surface area contributed by atoms with Crippen molar-refractivity contribution >= 4 is 6.03 Å². The summed E-state index contributed by atoms with van der Waals surface area (Å²) in [6.07, 6.45) is 6.39. The molecule has 1 aliphatic heterocycles. The molecule has 1 saturated carbocycles. The number of hydrogen-bond acceptors (Lipinski definition) is 1. The summed E-state index contributed by atoms with van der Waals surface area (Å²) in [5.41, 5.74) is 0. The smallest absolute Gasteiger partial charge is 0.320 e. The number of carbonyl (C=O) groups excluding carboxylic acids is 1. The number of urea groups is 1. The van der Waals surface area contributed by atoms with Gasteiger partial charge < -0.3 is 9.80 Å². The van der Waals surface area contributed by atoms with Crippen molar-refractivity contribution in [3.8, 4) is 0 Å². The average molecular weight is 266 g/mol. The third-order valence-electron chi connectivity index (χ3n) is 5.31. The number of amides is 2. The van der Waals surface area contributed by atoms with Crippen molar-refractivity contribution in [1.82, 2.24) is 9.80 Å². The van der Waals surface area contributed by atoms with Crippen LogP contribution in [-0.2, 0) is 0 Å². The summed E-state index contributed by atoms with van der Waals surface area (Å²) < 4.78 is 0. The van der Waals surface area contributed by atoms with E-state index < -0.39 is 0 Å². The normalized spacial score (nSPS) is 30.3. The molecule has 0 bridgehead atoms. The van der Waals surface area contributed by atoms with E-state index in [0.29, 0.717) is 6.04 Å². The highest BCUT2D eigenvalue weighted by Gasteiger charge is 2.36. The van der Waals surface area contributed by atoms with Gasteiger partial charge in [-0.2, -0.15) is 0 Å². The maximum absolute atomic E-state index is 12.1. The molecule has 2 amide bonds. The summed E-state index contributed by atoms with van der Waals surface area (Å²) in [6.45, 7) is 8.87. The fourth-order valence-electron chi connectivity index (χ4n) is 4.23. The van der Waals surface area contributed by atoms with Crippen LogP contribution in [0.5, 0.6) is 0 Å². The van der Waals surface area contributed by atoms with Gasteiger partial charge in [-0.25, -0.2) is 4.79 Å². The number of nitrogens with zero attached hydrogens (tertiary/aromatic N) is 2. The van der Waals surface area contributed by atoms with E-state index >= 15 is 0 Å². The summed E-state index contributed by atoms with van der Waals surface area (Å²) in [5, 5.41) is 0. The zero-order valence-electron chi connectivity index (χ0n) is 13.1. The topological polar surface area (TPSA) is 23.6 Å². The first-order valence-corrected chi connectivity index (χ1v) is 8.06. The van der Waals surface area contributed by atoms with E-state index in [1.165, 1.54) is 32.1 Å². The van der Waals surface area contributed by atoms with Gasteiger partial charge in [-0.15, -0.1) is 0 Å². The highest BCUT2D eigenvalue weighted by molar-refractivity contribution is 5.76. The SMILES string of the molecule is CCC(C(C)C)C1CCCC(N2CCN(C)C2=O)C1. The number of carbonyl (C=O) groups is 1. The Balaban J connectivity index is 1.99. The van der Waals surface area contributed by atoms with Crippen molar-refractivity contribution in [3.63, 3.8) is 0 Å². The number of likely N-dealkylation sites (N-methyl/N-ethyl adjacent to an activating group) is 1. The molecule has 2 aliphatic rings. The fourth-order valence-corrected chi connectivity index (χ4v) is 4.23. The van der Waals surface area contributed by atoms with Crippen molar-refractivity contribution in [2.24, 2.45) is 17.8 Å². The van der Waals surface area contributed by atoms with Crippen LogP contribution in [0, 0.1) is 17.8 Å². The Kier molecular flexibility index (Phi) is 4.75. The van der Waals surface area contributed by atoms with Crippen molar-refractivity contribution in [2.75, 3.05) is 20.1 Å². The van der Waals surface area contributed by atoms with Gasteiger partial charge >= 0.3 is 6.03 Å². The first-order valence-electron chi connectivity index (χ1n) is 8.06. The molecule has 110 valence electrons. The second-order valence-corrected chi connectivity index (χ2v) is 6.79. The summed E-state index contributed by atoms with van der Waals surface area (Å²) in [7, 11) is 1.92. The quantitative estimate of drug-likeness (QED) is 0.762. The largest absolute Gasteiger partial charge is 0.326 e. The predicted molar refractivity (Wildman–Crippen MR) is 79.1 cm³/mol. The molecule has 2 fully saturated rings. The molecule has 0 aromatic rings. The van der Waals surface area contributed by atoms with Crippen LogP contribution in [-0.4, -0.2) is 42.0 Å². The minimum Gasteiger partial charge on any atom is -0.326 e. The van der Waals surface area contributed by atoms with Crippen molar-refractivity contribution < 1.29 is 4.79 Å². The van der Waals surface area contributed by atoms with Crippen molar-refractivity contribution in [1.29, 1.82) is 0 Å². The van der Waals surface area contributed by atoms with Gasteiger partial charge in [0.05, 0.1) is 0 Å². The summed E-state index contributed by atoms with van der Waals surface area (Å²) in [4.78, 5) is 16.1. The van der Waals surface area contributed by atoms with Gasteiger partial charge in [0.2, 0.25) is 0 Å². The van der Waals surface area contributed by atoms with E-state index in [9.17, 15) is 4.79 Å². The Morgan fingerprint density at radius 2 is 2.00 bits per heavy atom. The van der Waals surface area contributed by atoms with Crippen molar-refractivity contribution in [2.45, 2.75) is 58.9 Å². The number of rotatable bonds is 4. The molecule has 0 aromatic heterocycles. The van der Waals surface area contributed by atoms with Crippen LogP contribution >= 0.6 is 0 Å². The highest BCUT2D eigenvalue weighted by atomic mass is 16.2. The molecule has 3 nitrogen and oxygen atoms in total. The Labute approximate surface area is 118 Å². The van der Waals surface area contributed by atoms with Gasteiger partial charge in [0, 0.05) is 26.2 Å². The van der Waals surface area contributed by atoms with E-state index in [4.69, 9.17) is 0 Å². The third kappa shape index (κ3) is 3.06. The maximum Gasteiger partial charge on any atom is 0.320 e. The molecule has 1 saturated heterocycles. The van der Waals surface area contributed by atoms with Crippen LogP contribution in [0.2, 0.25) is 0 Å². The second kappa shape index (κ2) is 6.15. The molecule has 3 heteroatoms. The molecule has 3 unspecified atom stereocenters. The summed E-state index contributed by atoms with van der Waals surface area (Å²) >= 11 is 0. The van der Waals surface area contributed by atoms with Crippen LogP contribution in [0.25, 0.3) is 0 Å². The zero-order valence-corrected chi connectivity index (χ0v) is 13.1. The van der Waals surface area contributed by atoms with E-state index in [-0.39, 0.29) is 6.03 Å². The standard InChI is InChI=1S/C16H30N2O/c1-5-15(12(2)3)13-7-6-8-14(11-13)18-10-9-17(4)16(18)19/h12-15H,5-11H2,1-4H3. The lowest BCUT2D eigenvalue weighted by molar-refractivity contribution is 0.115. The van der Waals surface area contributed by atoms with E-state index in [1.54, 1.807) is 0 Å². The first kappa shape index (κ1) is 14.7. The molecule has 0 radical (unpaired) electrons. The summed E-state index contributed by atoms with van der Waals surface area (Å²) in [5.74, 6) is 2.42. The zero-order chi connectivity index (χ0) is 14.0. The van der Waals surface area contributed by atoms with E-state index in [1.807, 2.05) is 11.9 Å². The minimum absolute atomic E-state index is 0.253. The molecular formula is C16H30N2O. The lowest BCUT2D eigenvalue weighted by Crippen LogP contribution is -2.42. The Hall–Kier alpha value is -0.730. The monoisotopic (exact) mass is 266 g/mol. The van der Waals surface area contributed by atoms with E-state index in [2.05, 4.69) is 25.7 Å². The minimum atomic E-state index is 0.253. The van der Waals surface area contributed by atoms with Gasteiger partial charge in [-0.05, 0) is 30.6 Å². The lowest BCUT2D eigenvalue weighted by Gasteiger charge is -2.39. The van der Waals surface area contributed by atoms with Gasteiger partial charge in [0.15, 0.2) is 0 Å². The fraction of sp³-hybridized carbons (Fsp3) is 0.938. The first-order chi connectivity index (χ1) is 9.04. The molecule has 3 atom stereocenters. The van der Waals surface area contributed by atoms with Crippen LogP contribution in [0.4, 0.5) is 4.79 Å². The highest BCUT2D eigenvalue weighted by Crippen LogP contribution is 2.38. The Bertz CT molecular complexity index is 316. The molecule has 19 heavy (non-hydrogen) atoms. The van der Waals surface area contributed by atoms with Crippen LogP contribution in [0.1, 0.15) is 52.9 Å². The molecule has 0 spiro atoms. The Morgan fingerprint density at radius 3 is 2.53 bits per heavy atom.